The molecule has 0 spiro atoms. The summed E-state index contributed by atoms with van der Waals surface area (Å²) >= 11 is 0. The lowest BCUT2D eigenvalue weighted by atomic mass is 9.79. The number of nitrogens with zero attached hydrogens (tertiary/aromatic N) is 1. The summed E-state index contributed by atoms with van der Waals surface area (Å²) < 4.78 is 11.1. The Hall–Kier alpha value is -1.03. The average Bonchev–Trinajstić information content (AvgIpc) is 2.33. The van der Waals surface area contributed by atoms with Gasteiger partial charge in [-0.2, -0.15) is 0 Å². The molecule has 2 saturated heterocycles. The Morgan fingerprint density at radius 1 is 1.29 bits per heavy atom. The van der Waals surface area contributed by atoms with E-state index in [0.717, 1.165) is 0 Å². The quantitative estimate of drug-likeness (QED) is 0.582. The fraction of sp³-hybridized carbons (Fsp3) is 0.833. The molecule has 2 bridgehead atoms. The second kappa shape index (κ2) is 6.70. The van der Waals surface area contributed by atoms with Crippen molar-refractivity contribution >= 4 is 14.2 Å². The van der Waals surface area contributed by atoms with Crippen molar-refractivity contribution in [3.63, 3.8) is 0 Å². The monoisotopic (exact) mass is 353 g/mol. The standard InChI is InChI=1S/C18H31NO4Si/c1-17(2,3)23-16(20)19-14-10-18(21,8-7-9-24(4,5)6)11-15(19)13-22-12-14/h14-15,21H,8,10-13H2,1-6H3. The van der Waals surface area contributed by atoms with Gasteiger partial charge in [0, 0.05) is 6.42 Å². The normalized spacial score (nSPS) is 30.4. The minimum atomic E-state index is -1.44. The molecule has 1 amide bonds. The smallest absolute Gasteiger partial charge is 0.410 e. The second-order valence-corrected chi connectivity index (χ2v) is 13.8. The number of carbonyl (C=O) groups excluding carboxylic acids is 1. The van der Waals surface area contributed by atoms with Crippen LogP contribution >= 0.6 is 0 Å². The summed E-state index contributed by atoms with van der Waals surface area (Å²) in [5.41, 5.74) is 1.95. The highest BCUT2D eigenvalue weighted by molar-refractivity contribution is 6.83. The van der Waals surface area contributed by atoms with E-state index in [2.05, 4.69) is 31.1 Å². The lowest BCUT2D eigenvalue weighted by Crippen LogP contribution is -2.63. The topological polar surface area (TPSA) is 59.0 Å². The maximum Gasteiger partial charge on any atom is 0.410 e. The van der Waals surface area contributed by atoms with E-state index in [1.807, 2.05) is 20.8 Å². The Morgan fingerprint density at radius 2 is 1.83 bits per heavy atom. The van der Waals surface area contributed by atoms with Crippen molar-refractivity contribution in [2.45, 2.75) is 83.0 Å². The van der Waals surface area contributed by atoms with E-state index in [4.69, 9.17) is 9.47 Å². The van der Waals surface area contributed by atoms with E-state index in [1.165, 1.54) is 0 Å². The van der Waals surface area contributed by atoms with Gasteiger partial charge in [-0.05, 0) is 33.6 Å². The van der Waals surface area contributed by atoms with Crippen LogP contribution in [0.1, 0.15) is 40.0 Å². The van der Waals surface area contributed by atoms with Crippen LogP contribution < -0.4 is 0 Å². The molecule has 0 aliphatic carbocycles. The minimum Gasteiger partial charge on any atom is -0.444 e. The summed E-state index contributed by atoms with van der Waals surface area (Å²) in [5.74, 6) is 3.19. The number of hydrogen-bond donors (Lipinski definition) is 1. The molecule has 0 saturated carbocycles. The predicted molar refractivity (Wildman–Crippen MR) is 96.4 cm³/mol. The van der Waals surface area contributed by atoms with Gasteiger partial charge in [0.05, 0.1) is 30.9 Å². The van der Waals surface area contributed by atoms with Crippen LogP contribution in [0.5, 0.6) is 0 Å². The molecule has 0 aromatic rings. The molecule has 0 aromatic carbocycles. The maximum atomic E-state index is 12.5. The van der Waals surface area contributed by atoms with E-state index in [-0.39, 0.29) is 18.2 Å². The molecule has 2 unspecified atom stereocenters. The lowest BCUT2D eigenvalue weighted by molar-refractivity contribution is -0.136. The number of piperidine rings is 1. The van der Waals surface area contributed by atoms with Crippen molar-refractivity contribution in [2.75, 3.05) is 13.2 Å². The van der Waals surface area contributed by atoms with Gasteiger partial charge in [-0.3, -0.25) is 4.90 Å². The molecule has 2 fully saturated rings. The van der Waals surface area contributed by atoms with Gasteiger partial charge in [0.1, 0.15) is 13.7 Å². The molecule has 1 N–H and O–H groups in total. The highest BCUT2D eigenvalue weighted by Crippen LogP contribution is 2.37. The van der Waals surface area contributed by atoms with Crippen LogP contribution in [0, 0.1) is 11.5 Å². The SMILES string of the molecule is CC(C)(C)OC(=O)N1C2COCC1CC(O)(CC#C[Si](C)(C)C)C2. The van der Waals surface area contributed by atoms with Crippen molar-refractivity contribution in [3.8, 4) is 11.5 Å². The van der Waals surface area contributed by atoms with Gasteiger partial charge in [-0.25, -0.2) is 4.79 Å². The van der Waals surface area contributed by atoms with Gasteiger partial charge in [-0.15, -0.1) is 11.5 Å². The van der Waals surface area contributed by atoms with Gasteiger partial charge in [0.2, 0.25) is 0 Å². The molecule has 2 aliphatic heterocycles. The molecular weight excluding hydrogens is 322 g/mol. The van der Waals surface area contributed by atoms with Gasteiger partial charge < -0.3 is 14.6 Å². The van der Waals surface area contributed by atoms with Crippen LogP contribution in [0.25, 0.3) is 0 Å². The second-order valence-electron chi connectivity index (χ2n) is 9.09. The number of ether oxygens (including phenoxy) is 2. The van der Waals surface area contributed by atoms with Crippen molar-refractivity contribution in [1.29, 1.82) is 0 Å². The van der Waals surface area contributed by atoms with Crippen LogP contribution in [0.4, 0.5) is 4.79 Å². The first kappa shape index (κ1) is 19.3. The van der Waals surface area contributed by atoms with Crippen molar-refractivity contribution in [2.24, 2.45) is 0 Å². The fourth-order valence-electron chi connectivity index (χ4n) is 3.30. The van der Waals surface area contributed by atoms with Crippen LogP contribution in [0.3, 0.4) is 0 Å². The number of morpholine rings is 1. The molecule has 6 heteroatoms. The number of rotatable bonds is 1. The number of carbonyl (C=O) groups is 1. The number of fused-ring (bicyclic) bond motifs is 2. The number of amides is 1. The lowest BCUT2D eigenvalue weighted by Gasteiger charge is -2.50. The molecule has 2 heterocycles. The molecule has 0 radical (unpaired) electrons. The maximum absolute atomic E-state index is 12.5. The van der Waals surface area contributed by atoms with E-state index in [9.17, 15) is 9.90 Å². The van der Waals surface area contributed by atoms with Crippen LogP contribution in [-0.2, 0) is 9.47 Å². The Morgan fingerprint density at radius 3 is 2.29 bits per heavy atom. The molecule has 2 rings (SSSR count). The fourth-order valence-corrected chi connectivity index (χ4v) is 3.92. The number of hydrogen-bond acceptors (Lipinski definition) is 4. The zero-order valence-corrected chi connectivity index (χ0v) is 16.8. The summed E-state index contributed by atoms with van der Waals surface area (Å²) in [7, 11) is -1.44. The molecule has 136 valence electrons. The van der Waals surface area contributed by atoms with Crippen LogP contribution in [0.15, 0.2) is 0 Å². The third-order valence-corrected chi connectivity index (χ3v) is 5.05. The van der Waals surface area contributed by atoms with Crippen molar-refractivity contribution in [3.05, 3.63) is 0 Å². The Balaban J connectivity index is 2.09. The molecule has 2 atom stereocenters. The predicted octanol–water partition coefficient (Wildman–Crippen LogP) is 2.79. The van der Waals surface area contributed by atoms with Crippen LogP contribution in [0.2, 0.25) is 19.6 Å². The first-order valence-electron chi connectivity index (χ1n) is 8.70. The Labute approximate surface area is 146 Å². The van der Waals surface area contributed by atoms with E-state index < -0.39 is 19.3 Å². The molecule has 0 aromatic heterocycles. The van der Waals surface area contributed by atoms with Gasteiger partial charge in [0.15, 0.2) is 0 Å². The zero-order chi connectivity index (χ0) is 18.2. The van der Waals surface area contributed by atoms with Crippen LogP contribution in [-0.4, -0.2) is 60.7 Å². The number of aliphatic hydroxyl groups is 1. The minimum absolute atomic E-state index is 0.147. The van der Waals surface area contributed by atoms with Gasteiger partial charge >= 0.3 is 6.09 Å². The third kappa shape index (κ3) is 5.23. The third-order valence-electron chi connectivity index (χ3n) is 4.12. The molecule has 2 aliphatic rings. The molecular formula is C18H31NO4Si. The van der Waals surface area contributed by atoms with E-state index in [1.54, 1.807) is 4.90 Å². The highest BCUT2D eigenvalue weighted by Gasteiger charge is 2.48. The Bertz CT molecular complexity index is 524. The zero-order valence-electron chi connectivity index (χ0n) is 15.8. The van der Waals surface area contributed by atoms with Gasteiger partial charge in [0.25, 0.3) is 0 Å². The first-order chi connectivity index (χ1) is 10.9. The first-order valence-corrected chi connectivity index (χ1v) is 12.2. The van der Waals surface area contributed by atoms with E-state index in [0.29, 0.717) is 32.5 Å². The van der Waals surface area contributed by atoms with Crippen molar-refractivity contribution < 1.29 is 19.4 Å². The summed E-state index contributed by atoms with van der Waals surface area (Å²) in [6, 6.07) is -0.294. The van der Waals surface area contributed by atoms with Gasteiger partial charge in [-0.1, -0.05) is 19.6 Å². The molecule has 5 nitrogen and oxygen atoms in total. The highest BCUT2D eigenvalue weighted by atomic mass is 28.3. The Kier molecular flexibility index (Phi) is 5.39. The van der Waals surface area contributed by atoms with E-state index >= 15 is 0 Å². The van der Waals surface area contributed by atoms with Crippen molar-refractivity contribution in [1.82, 2.24) is 4.90 Å². The summed E-state index contributed by atoms with van der Waals surface area (Å²) in [6.07, 6.45) is 1.13. The summed E-state index contributed by atoms with van der Waals surface area (Å²) in [5, 5.41) is 11.0. The summed E-state index contributed by atoms with van der Waals surface area (Å²) in [4.78, 5) is 14.3. The summed E-state index contributed by atoms with van der Waals surface area (Å²) in [6.45, 7) is 13.1. The average molecular weight is 354 g/mol. The largest absolute Gasteiger partial charge is 0.444 e. The molecule has 24 heavy (non-hydrogen) atoms.